The number of benzene rings is 2. The van der Waals surface area contributed by atoms with Gasteiger partial charge in [-0.15, -0.1) is 0 Å². The molecule has 3 rings (SSSR count). The van der Waals surface area contributed by atoms with E-state index in [-0.39, 0.29) is 11.3 Å². The van der Waals surface area contributed by atoms with E-state index < -0.39 is 17.7 Å². The van der Waals surface area contributed by atoms with Crippen LogP contribution in [0.3, 0.4) is 0 Å². The van der Waals surface area contributed by atoms with Crippen LogP contribution in [0, 0.1) is 13.8 Å². The van der Waals surface area contributed by atoms with Gasteiger partial charge in [0.15, 0.2) is 0 Å². The summed E-state index contributed by atoms with van der Waals surface area (Å²) in [6.07, 6.45) is 5.42. The molecule has 0 bridgehead atoms. The fraction of sp³-hybridized carbons (Fsp3) is 0.467. The fourth-order valence-electron chi connectivity index (χ4n) is 4.64. The van der Waals surface area contributed by atoms with Gasteiger partial charge in [-0.1, -0.05) is 86.3 Å². The Labute approximate surface area is 210 Å². The van der Waals surface area contributed by atoms with Crippen LogP contribution in [0.1, 0.15) is 74.2 Å². The first-order valence-corrected chi connectivity index (χ1v) is 13.0. The Hall–Kier alpha value is -2.92. The molecule has 188 valence electrons. The van der Waals surface area contributed by atoms with Crippen molar-refractivity contribution < 1.29 is 14.7 Å². The average molecular weight is 477 g/mol. The molecular weight excluding hydrogens is 436 g/mol. The van der Waals surface area contributed by atoms with E-state index in [1.165, 1.54) is 0 Å². The Morgan fingerprint density at radius 1 is 0.829 bits per heavy atom. The predicted molar refractivity (Wildman–Crippen MR) is 142 cm³/mol. The topological polar surface area (TPSA) is 60.9 Å². The Morgan fingerprint density at radius 2 is 1.34 bits per heavy atom. The molecule has 35 heavy (non-hydrogen) atoms. The van der Waals surface area contributed by atoms with Crippen LogP contribution in [-0.2, 0) is 9.59 Å². The van der Waals surface area contributed by atoms with Crippen LogP contribution in [0.4, 0.5) is 0 Å². The average Bonchev–Trinajstić information content (AvgIpc) is 3.10. The zero-order chi connectivity index (χ0) is 25.4. The molecule has 1 saturated heterocycles. The summed E-state index contributed by atoms with van der Waals surface area (Å²) in [5.74, 6) is -1.25. The van der Waals surface area contributed by atoms with Crippen molar-refractivity contribution >= 4 is 17.4 Å². The number of nitrogens with zero attached hydrogens (tertiary/aromatic N) is 2. The van der Waals surface area contributed by atoms with E-state index in [1.54, 1.807) is 17.0 Å². The maximum atomic E-state index is 13.2. The number of ketones is 1. The van der Waals surface area contributed by atoms with Gasteiger partial charge in [-0.25, -0.2) is 0 Å². The standard InChI is InChI=1S/C30H40N2O3/c1-5-7-18-31(19-8-6-2)20-9-21-32-27(24-14-10-22(3)11-15-24)26(29(34)30(32)35)28(33)25-16-12-23(4)13-17-25/h10-17,27,33H,5-9,18-21H2,1-4H3/t27-/m0/s1. The summed E-state index contributed by atoms with van der Waals surface area (Å²) in [5, 5.41) is 11.2. The summed E-state index contributed by atoms with van der Waals surface area (Å²) >= 11 is 0. The number of unbranched alkanes of at least 4 members (excludes halogenated alkanes) is 2. The number of likely N-dealkylation sites (tertiary alicyclic amines) is 1. The number of rotatable bonds is 12. The first-order valence-electron chi connectivity index (χ1n) is 13.0. The molecule has 0 aromatic heterocycles. The largest absolute Gasteiger partial charge is 0.507 e. The molecule has 1 N–H and O–H groups in total. The number of Topliss-reactive ketones (excluding diaryl/α,β-unsaturated/α-hetero) is 1. The van der Waals surface area contributed by atoms with Gasteiger partial charge < -0.3 is 14.9 Å². The molecule has 5 nitrogen and oxygen atoms in total. The molecule has 1 aliphatic rings. The number of aryl methyl sites for hydroxylation is 2. The molecule has 5 heteroatoms. The quantitative estimate of drug-likeness (QED) is 0.231. The van der Waals surface area contributed by atoms with E-state index in [4.69, 9.17) is 0 Å². The predicted octanol–water partition coefficient (Wildman–Crippen LogP) is 6.02. The molecule has 1 aliphatic heterocycles. The van der Waals surface area contributed by atoms with Crippen molar-refractivity contribution in [3.8, 4) is 0 Å². The highest BCUT2D eigenvalue weighted by Crippen LogP contribution is 2.39. The normalized spacial score (nSPS) is 17.5. The molecule has 0 radical (unpaired) electrons. The van der Waals surface area contributed by atoms with Gasteiger partial charge in [-0.3, -0.25) is 9.59 Å². The SMILES string of the molecule is CCCCN(CCCC)CCCN1C(=O)C(=O)C(=C(O)c2ccc(C)cc2)[C@@H]1c1ccc(C)cc1. The molecule has 1 amide bonds. The minimum Gasteiger partial charge on any atom is -0.507 e. The second-order valence-electron chi connectivity index (χ2n) is 9.67. The molecule has 1 atom stereocenters. The number of aliphatic hydroxyl groups is 1. The Kier molecular flexibility index (Phi) is 9.67. The minimum atomic E-state index is -0.609. The second-order valence-corrected chi connectivity index (χ2v) is 9.67. The summed E-state index contributed by atoms with van der Waals surface area (Å²) < 4.78 is 0. The van der Waals surface area contributed by atoms with Crippen molar-refractivity contribution in [3.05, 3.63) is 76.4 Å². The summed E-state index contributed by atoms with van der Waals surface area (Å²) in [6, 6.07) is 14.7. The van der Waals surface area contributed by atoms with Crippen LogP contribution in [0.5, 0.6) is 0 Å². The van der Waals surface area contributed by atoms with Crippen LogP contribution in [0.2, 0.25) is 0 Å². The Bertz CT molecular complexity index is 1020. The molecule has 0 unspecified atom stereocenters. The molecule has 1 fully saturated rings. The van der Waals surface area contributed by atoms with E-state index in [2.05, 4.69) is 18.7 Å². The highest BCUT2D eigenvalue weighted by atomic mass is 16.3. The minimum absolute atomic E-state index is 0.107. The Balaban J connectivity index is 1.90. The van der Waals surface area contributed by atoms with Gasteiger partial charge in [0, 0.05) is 12.1 Å². The number of hydrogen-bond acceptors (Lipinski definition) is 4. The first-order chi connectivity index (χ1) is 16.9. The molecule has 2 aromatic carbocycles. The van der Waals surface area contributed by atoms with Crippen molar-refractivity contribution in [2.75, 3.05) is 26.2 Å². The lowest BCUT2D eigenvalue weighted by Crippen LogP contribution is -2.34. The summed E-state index contributed by atoms with van der Waals surface area (Å²) in [7, 11) is 0. The number of aliphatic hydroxyl groups excluding tert-OH is 1. The van der Waals surface area contributed by atoms with Gasteiger partial charge in [0.2, 0.25) is 0 Å². The van der Waals surface area contributed by atoms with Crippen molar-refractivity contribution in [2.24, 2.45) is 0 Å². The van der Waals surface area contributed by atoms with Gasteiger partial charge in [-0.05, 0) is 58.3 Å². The lowest BCUT2D eigenvalue weighted by molar-refractivity contribution is -0.140. The van der Waals surface area contributed by atoms with Crippen molar-refractivity contribution in [3.63, 3.8) is 0 Å². The lowest BCUT2D eigenvalue weighted by Gasteiger charge is -2.27. The fourth-order valence-corrected chi connectivity index (χ4v) is 4.64. The van der Waals surface area contributed by atoms with Crippen molar-refractivity contribution in [1.29, 1.82) is 0 Å². The maximum Gasteiger partial charge on any atom is 0.295 e. The van der Waals surface area contributed by atoms with Gasteiger partial charge in [0.1, 0.15) is 5.76 Å². The lowest BCUT2D eigenvalue weighted by atomic mass is 9.94. The molecular formula is C30H40N2O3. The molecule has 1 heterocycles. The molecule has 0 aliphatic carbocycles. The summed E-state index contributed by atoms with van der Waals surface area (Å²) in [5.41, 5.74) is 3.74. The van der Waals surface area contributed by atoms with Crippen LogP contribution < -0.4 is 0 Å². The summed E-state index contributed by atoms with van der Waals surface area (Å²) in [4.78, 5) is 30.5. The number of amides is 1. The van der Waals surface area contributed by atoms with Crippen molar-refractivity contribution in [2.45, 2.75) is 65.8 Å². The highest BCUT2D eigenvalue weighted by Gasteiger charge is 2.45. The van der Waals surface area contributed by atoms with Crippen LogP contribution in [0.15, 0.2) is 54.1 Å². The zero-order valence-corrected chi connectivity index (χ0v) is 21.7. The van der Waals surface area contributed by atoms with Crippen molar-refractivity contribution in [1.82, 2.24) is 9.80 Å². The Morgan fingerprint density at radius 3 is 1.89 bits per heavy atom. The number of hydrogen-bond donors (Lipinski definition) is 1. The van der Waals surface area contributed by atoms with Crippen LogP contribution in [-0.4, -0.2) is 52.8 Å². The van der Waals surface area contributed by atoms with E-state index in [0.29, 0.717) is 12.1 Å². The monoisotopic (exact) mass is 476 g/mol. The van der Waals surface area contributed by atoms with Gasteiger partial charge in [0.05, 0.1) is 11.6 Å². The van der Waals surface area contributed by atoms with E-state index >= 15 is 0 Å². The van der Waals surface area contributed by atoms with E-state index in [0.717, 1.165) is 68.4 Å². The third-order valence-electron chi connectivity index (χ3n) is 6.79. The zero-order valence-electron chi connectivity index (χ0n) is 21.7. The number of carbonyl (C=O) groups excluding carboxylic acids is 2. The molecule has 0 saturated carbocycles. The third-order valence-corrected chi connectivity index (χ3v) is 6.79. The molecule has 2 aromatic rings. The maximum absolute atomic E-state index is 13.2. The first kappa shape index (κ1) is 26.7. The second kappa shape index (κ2) is 12.7. The van der Waals surface area contributed by atoms with Gasteiger partial charge >= 0.3 is 0 Å². The van der Waals surface area contributed by atoms with Crippen LogP contribution in [0.25, 0.3) is 5.76 Å². The van der Waals surface area contributed by atoms with Gasteiger partial charge in [-0.2, -0.15) is 0 Å². The van der Waals surface area contributed by atoms with E-state index in [1.807, 2.05) is 50.2 Å². The summed E-state index contributed by atoms with van der Waals surface area (Å²) in [6.45, 7) is 11.9. The highest BCUT2D eigenvalue weighted by molar-refractivity contribution is 6.46. The third kappa shape index (κ3) is 6.61. The molecule has 0 spiro atoms. The van der Waals surface area contributed by atoms with Gasteiger partial charge in [0.25, 0.3) is 11.7 Å². The van der Waals surface area contributed by atoms with Crippen LogP contribution >= 0.6 is 0 Å². The number of carbonyl (C=O) groups is 2. The van der Waals surface area contributed by atoms with E-state index in [9.17, 15) is 14.7 Å². The smallest absolute Gasteiger partial charge is 0.295 e.